The van der Waals surface area contributed by atoms with Gasteiger partial charge < -0.3 is 9.80 Å². The lowest BCUT2D eigenvalue weighted by molar-refractivity contribution is -0.135. The molecule has 0 saturated carbocycles. The average Bonchev–Trinajstić information content (AvgIpc) is 3.38. The van der Waals surface area contributed by atoms with Crippen LogP contribution in [0.2, 0.25) is 0 Å². The summed E-state index contributed by atoms with van der Waals surface area (Å²) in [4.78, 5) is 34.3. The number of hydrogen-bond acceptors (Lipinski definition) is 4. The molecule has 0 bridgehead atoms. The molecule has 1 saturated heterocycles. The number of piperazine rings is 1. The topological polar surface area (TPSA) is 43.9 Å². The van der Waals surface area contributed by atoms with E-state index in [0.717, 1.165) is 24.9 Å². The van der Waals surface area contributed by atoms with Crippen molar-refractivity contribution in [2.75, 3.05) is 32.7 Å². The maximum atomic E-state index is 13.5. The third-order valence-corrected chi connectivity index (χ3v) is 8.73. The fourth-order valence-corrected chi connectivity index (χ4v) is 6.51. The van der Waals surface area contributed by atoms with Crippen molar-refractivity contribution >= 4 is 23.2 Å². The zero-order chi connectivity index (χ0) is 25.2. The molecule has 36 heavy (non-hydrogen) atoms. The SMILES string of the molecule is CCc1ccc(C(=O)N2CCN(C(=O)CN3CCc4sccc4[C@H]3c3ccccc3C)C[C@H]2C)cc1. The van der Waals surface area contributed by atoms with E-state index in [9.17, 15) is 9.59 Å². The molecule has 3 aromatic rings. The number of carbonyl (C=O) groups is 2. The third kappa shape index (κ3) is 4.84. The van der Waals surface area contributed by atoms with E-state index in [1.54, 1.807) is 0 Å². The van der Waals surface area contributed by atoms with Crippen molar-refractivity contribution < 1.29 is 9.59 Å². The van der Waals surface area contributed by atoms with E-state index in [1.165, 1.54) is 27.1 Å². The van der Waals surface area contributed by atoms with Gasteiger partial charge in [-0.3, -0.25) is 14.5 Å². The standard InChI is InChI=1S/C30H35N3O2S/c1-4-23-9-11-24(12-10-23)30(35)33-17-16-31(19-22(33)3)28(34)20-32-15-13-27-26(14-18-36-27)29(32)25-8-6-5-7-21(25)2/h5-12,14,18,22,29H,4,13,15-17,19-20H2,1-3H3/t22-,29-/m1/s1. The van der Waals surface area contributed by atoms with Crippen molar-refractivity contribution in [3.8, 4) is 0 Å². The van der Waals surface area contributed by atoms with Crippen LogP contribution in [0.3, 0.4) is 0 Å². The Labute approximate surface area is 218 Å². The van der Waals surface area contributed by atoms with E-state index >= 15 is 0 Å². The number of aryl methyl sites for hydroxylation is 2. The average molecular weight is 502 g/mol. The highest BCUT2D eigenvalue weighted by Crippen LogP contribution is 2.38. The lowest BCUT2D eigenvalue weighted by Gasteiger charge is -2.42. The van der Waals surface area contributed by atoms with Crippen LogP contribution in [-0.4, -0.2) is 65.3 Å². The fraction of sp³-hybridized carbons (Fsp3) is 0.400. The lowest BCUT2D eigenvalue weighted by atomic mass is 9.90. The summed E-state index contributed by atoms with van der Waals surface area (Å²) in [5, 5.41) is 2.18. The largest absolute Gasteiger partial charge is 0.338 e. The molecule has 188 valence electrons. The van der Waals surface area contributed by atoms with Gasteiger partial charge in [-0.2, -0.15) is 0 Å². The van der Waals surface area contributed by atoms with Crippen LogP contribution < -0.4 is 0 Å². The summed E-state index contributed by atoms with van der Waals surface area (Å²) >= 11 is 1.82. The van der Waals surface area contributed by atoms with E-state index in [2.05, 4.69) is 54.5 Å². The van der Waals surface area contributed by atoms with Gasteiger partial charge in [0.2, 0.25) is 5.91 Å². The molecule has 2 amide bonds. The van der Waals surface area contributed by atoms with E-state index in [1.807, 2.05) is 52.3 Å². The molecular formula is C30H35N3O2S. The van der Waals surface area contributed by atoms with Crippen molar-refractivity contribution in [2.24, 2.45) is 0 Å². The number of carbonyl (C=O) groups excluding carboxylic acids is 2. The molecule has 2 aliphatic rings. The number of hydrogen-bond donors (Lipinski definition) is 0. The number of amides is 2. The summed E-state index contributed by atoms with van der Waals surface area (Å²) in [5.74, 6) is 0.205. The molecule has 0 unspecified atom stereocenters. The van der Waals surface area contributed by atoms with Crippen molar-refractivity contribution in [2.45, 2.75) is 45.7 Å². The van der Waals surface area contributed by atoms with Crippen LogP contribution >= 0.6 is 11.3 Å². The van der Waals surface area contributed by atoms with Crippen LogP contribution in [0.1, 0.15) is 57.4 Å². The lowest BCUT2D eigenvalue weighted by Crippen LogP contribution is -2.57. The maximum Gasteiger partial charge on any atom is 0.254 e. The molecule has 5 nitrogen and oxygen atoms in total. The molecule has 2 atom stereocenters. The van der Waals surface area contributed by atoms with E-state index < -0.39 is 0 Å². The second kappa shape index (κ2) is 10.6. The van der Waals surface area contributed by atoms with Gasteiger partial charge in [-0.15, -0.1) is 11.3 Å². The summed E-state index contributed by atoms with van der Waals surface area (Å²) in [6.07, 6.45) is 1.94. The summed E-state index contributed by atoms with van der Waals surface area (Å²) in [6, 6.07) is 18.7. The van der Waals surface area contributed by atoms with Gasteiger partial charge in [0, 0.05) is 42.7 Å². The van der Waals surface area contributed by atoms with Crippen molar-refractivity contribution in [1.29, 1.82) is 0 Å². The second-order valence-corrected chi connectivity index (χ2v) is 11.0. The Hall–Kier alpha value is -2.96. The number of rotatable bonds is 5. The molecule has 2 aromatic carbocycles. The zero-order valence-corrected chi connectivity index (χ0v) is 22.3. The molecule has 6 heteroatoms. The highest BCUT2D eigenvalue weighted by molar-refractivity contribution is 7.10. The number of nitrogens with zero attached hydrogens (tertiary/aromatic N) is 3. The summed E-state index contributed by atoms with van der Waals surface area (Å²) in [6.45, 7) is 9.31. The first-order valence-electron chi connectivity index (χ1n) is 13.0. The Morgan fingerprint density at radius 3 is 2.47 bits per heavy atom. The first-order chi connectivity index (χ1) is 17.5. The van der Waals surface area contributed by atoms with Crippen LogP contribution in [0.5, 0.6) is 0 Å². The minimum atomic E-state index is -0.0157. The second-order valence-electron chi connectivity index (χ2n) is 10.0. The van der Waals surface area contributed by atoms with Crippen molar-refractivity contribution in [1.82, 2.24) is 14.7 Å². The molecule has 1 aromatic heterocycles. The molecule has 0 spiro atoms. The molecule has 0 aliphatic carbocycles. The van der Waals surface area contributed by atoms with Gasteiger partial charge in [-0.25, -0.2) is 0 Å². The number of thiophene rings is 1. The highest BCUT2D eigenvalue weighted by Gasteiger charge is 2.35. The van der Waals surface area contributed by atoms with Gasteiger partial charge in [-0.05, 0) is 72.5 Å². The van der Waals surface area contributed by atoms with Gasteiger partial charge in [-0.1, -0.05) is 43.3 Å². The first-order valence-corrected chi connectivity index (χ1v) is 13.9. The smallest absolute Gasteiger partial charge is 0.254 e. The fourth-order valence-electron chi connectivity index (χ4n) is 5.60. The predicted molar refractivity (Wildman–Crippen MR) is 146 cm³/mol. The van der Waals surface area contributed by atoms with Crippen molar-refractivity contribution in [3.63, 3.8) is 0 Å². The monoisotopic (exact) mass is 501 g/mol. The van der Waals surface area contributed by atoms with Gasteiger partial charge in [0.05, 0.1) is 12.6 Å². The van der Waals surface area contributed by atoms with Crippen molar-refractivity contribution in [3.05, 3.63) is 92.7 Å². The van der Waals surface area contributed by atoms with Gasteiger partial charge >= 0.3 is 0 Å². The summed E-state index contributed by atoms with van der Waals surface area (Å²) in [5.41, 5.74) is 5.83. The van der Waals surface area contributed by atoms with Gasteiger partial charge in [0.25, 0.3) is 5.91 Å². The Bertz CT molecular complexity index is 1240. The predicted octanol–water partition coefficient (Wildman–Crippen LogP) is 4.94. The maximum absolute atomic E-state index is 13.5. The van der Waals surface area contributed by atoms with Crippen LogP contribution in [0, 0.1) is 6.92 Å². The van der Waals surface area contributed by atoms with E-state index in [0.29, 0.717) is 26.2 Å². The summed E-state index contributed by atoms with van der Waals surface area (Å²) < 4.78 is 0. The Morgan fingerprint density at radius 1 is 0.972 bits per heavy atom. The minimum absolute atomic E-state index is 0.0157. The van der Waals surface area contributed by atoms with Gasteiger partial charge in [0.1, 0.15) is 0 Å². The molecule has 2 aliphatic heterocycles. The Morgan fingerprint density at radius 2 is 1.75 bits per heavy atom. The molecule has 0 N–H and O–H groups in total. The third-order valence-electron chi connectivity index (χ3n) is 7.74. The Kier molecular flexibility index (Phi) is 7.26. The Balaban J connectivity index is 1.27. The normalized spacial score (nSPS) is 20.3. The number of fused-ring (bicyclic) bond motifs is 1. The van der Waals surface area contributed by atoms with Crippen LogP contribution in [0.15, 0.2) is 60.0 Å². The van der Waals surface area contributed by atoms with Crippen LogP contribution in [-0.2, 0) is 17.6 Å². The van der Waals surface area contributed by atoms with Crippen LogP contribution in [0.4, 0.5) is 0 Å². The molecule has 0 radical (unpaired) electrons. The summed E-state index contributed by atoms with van der Waals surface area (Å²) in [7, 11) is 0. The first kappa shape index (κ1) is 24.7. The van der Waals surface area contributed by atoms with Crippen LogP contribution in [0.25, 0.3) is 0 Å². The van der Waals surface area contributed by atoms with Gasteiger partial charge in [0.15, 0.2) is 0 Å². The molecule has 5 rings (SSSR count). The minimum Gasteiger partial charge on any atom is -0.338 e. The zero-order valence-electron chi connectivity index (χ0n) is 21.4. The highest BCUT2D eigenvalue weighted by atomic mass is 32.1. The van der Waals surface area contributed by atoms with E-state index in [-0.39, 0.29) is 23.9 Å². The molecular weight excluding hydrogens is 466 g/mol. The van der Waals surface area contributed by atoms with E-state index in [4.69, 9.17) is 0 Å². The molecule has 1 fully saturated rings. The number of benzene rings is 2. The quantitative estimate of drug-likeness (QED) is 0.498. The molecule has 3 heterocycles.